The highest BCUT2D eigenvalue weighted by atomic mass is 16.4. The number of amides is 1. The van der Waals surface area contributed by atoms with Crippen molar-refractivity contribution in [2.45, 2.75) is 45.6 Å². The van der Waals surface area contributed by atoms with Crippen molar-refractivity contribution in [3.63, 3.8) is 0 Å². The van der Waals surface area contributed by atoms with E-state index in [1.165, 1.54) is 0 Å². The quantitative estimate of drug-likeness (QED) is 0.741. The number of hydrogen-bond donors (Lipinski definition) is 2. The van der Waals surface area contributed by atoms with Gasteiger partial charge in [0.1, 0.15) is 0 Å². The number of rotatable bonds is 8. The second-order valence-corrected chi connectivity index (χ2v) is 6.69. The molecule has 0 bridgehead atoms. The lowest BCUT2D eigenvalue weighted by Crippen LogP contribution is -2.34. The minimum atomic E-state index is -0.934. The highest BCUT2D eigenvalue weighted by Crippen LogP contribution is 2.21. The minimum Gasteiger partial charge on any atom is -0.481 e. The maximum absolute atomic E-state index is 12.0. The Morgan fingerprint density at radius 3 is 2.64 bits per heavy atom. The van der Waals surface area contributed by atoms with Gasteiger partial charge in [-0.05, 0) is 31.2 Å². The highest BCUT2D eigenvalue weighted by molar-refractivity contribution is 5.76. The monoisotopic (exact) mass is 349 g/mol. The van der Waals surface area contributed by atoms with Crippen LogP contribution in [0.1, 0.15) is 39.0 Å². The molecule has 1 amide bonds. The fraction of sp³-hybridized carbons (Fsp3) is 0.611. The average molecular weight is 349 g/mol. The molecule has 0 spiro atoms. The van der Waals surface area contributed by atoms with Gasteiger partial charge >= 0.3 is 5.97 Å². The molecule has 0 saturated carbocycles. The minimum absolute atomic E-state index is 0.0691. The van der Waals surface area contributed by atoms with Gasteiger partial charge in [0, 0.05) is 44.9 Å². The Labute approximate surface area is 147 Å². The van der Waals surface area contributed by atoms with Crippen molar-refractivity contribution in [2.24, 2.45) is 5.92 Å². The van der Waals surface area contributed by atoms with Crippen LogP contribution >= 0.6 is 0 Å². The number of carbonyl (C=O) groups excluding carboxylic acids is 1. The van der Waals surface area contributed by atoms with Gasteiger partial charge in [0.25, 0.3) is 5.56 Å². The molecule has 1 aromatic rings. The van der Waals surface area contributed by atoms with Crippen molar-refractivity contribution in [1.82, 2.24) is 9.88 Å². The Morgan fingerprint density at radius 2 is 1.96 bits per heavy atom. The predicted molar refractivity (Wildman–Crippen MR) is 95.8 cm³/mol. The average Bonchev–Trinajstić information content (AvgIpc) is 2.57. The van der Waals surface area contributed by atoms with Crippen LogP contribution in [-0.4, -0.2) is 41.2 Å². The van der Waals surface area contributed by atoms with E-state index in [1.54, 1.807) is 10.6 Å². The summed E-state index contributed by atoms with van der Waals surface area (Å²) in [7, 11) is 0. The van der Waals surface area contributed by atoms with Crippen molar-refractivity contribution < 1.29 is 14.7 Å². The van der Waals surface area contributed by atoms with Crippen molar-refractivity contribution in [3.05, 3.63) is 28.7 Å². The van der Waals surface area contributed by atoms with E-state index in [2.05, 4.69) is 17.1 Å². The van der Waals surface area contributed by atoms with Crippen LogP contribution in [-0.2, 0) is 16.1 Å². The Hall–Kier alpha value is -2.31. The second kappa shape index (κ2) is 9.25. The van der Waals surface area contributed by atoms with Gasteiger partial charge in [0.2, 0.25) is 5.91 Å². The SMILES string of the molecule is CC1CCN(c2ccc(=O)n(CCCC(=O)NCCC(=O)O)c2)CC1. The highest BCUT2D eigenvalue weighted by Gasteiger charge is 2.16. The number of aliphatic carboxylic acids is 1. The van der Waals surface area contributed by atoms with Crippen molar-refractivity contribution in [1.29, 1.82) is 0 Å². The van der Waals surface area contributed by atoms with E-state index in [-0.39, 0.29) is 30.9 Å². The lowest BCUT2D eigenvalue weighted by Gasteiger charge is -2.32. The normalized spacial score (nSPS) is 15.2. The zero-order chi connectivity index (χ0) is 18.2. The Morgan fingerprint density at radius 1 is 1.24 bits per heavy atom. The molecule has 0 aliphatic carbocycles. The molecule has 0 atom stereocenters. The first-order chi connectivity index (χ1) is 12.0. The molecule has 2 N–H and O–H groups in total. The van der Waals surface area contributed by atoms with E-state index < -0.39 is 5.97 Å². The van der Waals surface area contributed by atoms with Gasteiger partial charge in [-0.2, -0.15) is 0 Å². The van der Waals surface area contributed by atoms with E-state index in [0.717, 1.165) is 37.5 Å². The van der Waals surface area contributed by atoms with Crippen LogP contribution in [0.15, 0.2) is 23.1 Å². The maximum Gasteiger partial charge on any atom is 0.305 e. The van der Waals surface area contributed by atoms with Crippen LogP contribution in [0.4, 0.5) is 5.69 Å². The number of piperidine rings is 1. The first kappa shape index (κ1) is 19.0. The van der Waals surface area contributed by atoms with Crippen molar-refractivity contribution in [3.8, 4) is 0 Å². The number of carboxylic acids is 1. The molecule has 1 saturated heterocycles. The molecular weight excluding hydrogens is 322 g/mol. The third-order valence-electron chi connectivity index (χ3n) is 4.58. The molecule has 2 rings (SSSR count). The van der Waals surface area contributed by atoms with Gasteiger partial charge < -0.3 is 19.9 Å². The molecule has 7 heteroatoms. The van der Waals surface area contributed by atoms with E-state index in [9.17, 15) is 14.4 Å². The van der Waals surface area contributed by atoms with Gasteiger partial charge in [-0.1, -0.05) is 6.92 Å². The van der Waals surface area contributed by atoms with Crippen LogP contribution in [0, 0.1) is 5.92 Å². The standard InChI is InChI=1S/C18H27N3O4/c1-14-7-11-20(12-8-14)15-4-5-17(23)21(13-15)10-2-3-16(22)19-9-6-18(24)25/h4-5,13-14H,2-3,6-12H2,1H3,(H,19,22)(H,24,25). The number of hydrogen-bond acceptors (Lipinski definition) is 4. The summed E-state index contributed by atoms with van der Waals surface area (Å²) in [6.45, 7) is 4.89. The molecule has 138 valence electrons. The van der Waals surface area contributed by atoms with Gasteiger partial charge in [0.15, 0.2) is 0 Å². The van der Waals surface area contributed by atoms with Crippen LogP contribution in [0.2, 0.25) is 0 Å². The Kier molecular flexibility index (Phi) is 7.03. The molecule has 1 fully saturated rings. The van der Waals surface area contributed by atoms with E-state index in [1.807, 2.05) is 12.3 Å². The zero-order valence-corrected chi connectivity index (χ0v) is 14.7. The molecular formula is C18H27N3O4. The summed E-state index contributed by atoms with van der Waals surface area (Å²) in [5, 5.41) is 11.1. The van der Waals surface area contributed by atoms with E-state index in [0.29, 0.717) is 13.0 Å². The van der Waals surface area contributed by atoms with Crippen LogP contribution in [0.25, 0.3) is 0 Å². The van der Waals surface area contributed by atoms with Gasteiger partial charge in [-0.3, -0.25) is 14.4 Å². The third kappa shape index (κ3) is 6.25. The van der Waals surface area contributed by atoms with Gasteiger partial charge in [-0.25, -0.2) is 0 Å². The number of nitrogens with one attached hydrogen (secondary N) is 1. The van der Waals surface area contributed by atoms with Crippen molar-refractivity contribution >= 4 is 17.6 Å². The fourth-order valence-electron chi connectivity index (χ4n) is 2.95. The summed E-state index contributed by atoms with van der Waals surface area (Å²) in [4.78, 5) is 36.4. The molecule has 2 heterocycles. The van der Waals surface area contributed by atoms with Crippen LogP contribution in [0.5, 0.6) is 0 Å². The van der Waals surface area contributed by atoms with Gasteiger partial charge in [0.05, 0.1) is 12.1 Å². The summed E-state index contributed by atoms with van der Waals surface area (Å²) in [6, 6.07) is 3.45. The van der Waals surface area contributed by atoms with Crippen LogP contribution < -0.4 is 15.8 Å². The number of carboxylic acid groups (broad SMARTS) is 1. The summed E-state index contributed by atoms with van der Waals surface area (Å²) >= 11 is 0. The number of anilines is 1. The zero-order valence-electron chi connectivity index (χ0n) is 14.7. The second-order valence-electron chi connectivity index (χ2n) is 6.69. The molecule has 0 radical (unpaired) electrons. The molecule has 1 aliphatic rings. The Bertz CT molecular complexity index is 648. The number of aromatic nitrogens is 1. The fourth-order valence-corrected chi connectivity index (χ4v) is 2.95. The maximum atomic E-state index is 12.0. The van der Waals surface area contributed by atoms with Crippen LogP contribution in [0.3, 0.4) is 0 Å². The molecule has 1 aromatic heterocycles. The number of aryl methyl sites for hydroxylation is 1. The first-order valence-corrected chi connectivity index (χ1v) is 8.89. The molecule has 0 aromatic carbocycles. The lowest BCUT2D eigenvalue weighted by molar-refractivity contribution is -0.136. The van der Waals surface area contributed by atoms with Gasteiger partial charge in [-0.15, -0.1) is 0 Å². The summed E-state index contributed by atoms with van der Waals surface area (Å²) in [6.07, 6.45) is 4.93. The summed E-state index contributed by atoms with van der Waals surface area (Å²) < 4.78 is 1.65. The van der Waals surface area contributed by atoms with E-state index >= 15 is 0 Å². The number of pyridine rings is 1. The number of nitrogens with zero attached hydrogens (tertiary/aromatic N) is 2. The molecule has 25 heavy (non-hydrogen) atoms. The summed E-state index contributed by atoms with van der Waals surface area (Å²) in [5.41, 5.74) is 0.984. The Balaban J connectivity index is 1.83. The molecule has 1 aliphatic heterocycles. The topological polar surface area (TPSA) is 91.6 Å². The summed E-state index contributed by atoms with van der Waals surface area (Å²) in [5.74, 6) is -0.368. The third-order valence-corrected chi connectivity index (χ3v) is 4.58. The smallest absolute Gasteiger partial charge is 0.305 e. The lowest BCUT2D eigenvalue weighted by atomic mass is 9.99. The number of carbonyl (C=O) groups is 2. The molecule has 0 unspecified atom stereocenters. The molecule has 7 nitrogen and oxygen atoms in total. The van der Waals surface area contributed by atoms with Crippen molar-refractivity contribution in [2.75, 3.05) is 24.5 Å². The van der Waals surface area contributed by atoms with E-state index in [4.69, 9.17) is 5.11 Å². The predicted octanol–water partition coefficient (Wildman–Crippen LogP) is 1.46. The first-order valence-electron chi connectivity index (χ1n) is 8.89. The largest absolute Gasteiger partial charge is 0.481 e.